The molecule has 0 aromatic heterocycles. The third-order valence-corrected chi connectivity index (χ3v) is 10.9. The second-order valence-corrected chi connectivity index (χ2v) is 14.9. The SMILES string of the molecule is O=P(Oc1ccccc1)(Oc1ccccc1)Oc1ccc2ccccc2c1-c1c(OP(=O)(Oc2ccccc2)Oc2ccccc2)ccc2ccccc12. The Balaban J connectivity index is 1.32. The molecule has 10 heteroatoms. The second kappa shape index (κ2) is 15.3. The lowest BCUT2D eigenvalue weighted by molar-refractivity contribution is 0.296. The fraction of sp³-hybridized carbons (Fsp3) is 0. The Morgan fingerprint density at radius 1 is 0.278 bits per heavy atom. The zero-order valence-corrected chi connectivity index (χ0v) is 30.4. The molecule has 0 aliphatic heterocycles. The van der Waals surface area contributed by atoms with Gasteiger partial charge in [0.05, 0.1) is 0 Å². The van der Waals surface area contributed by atoms with Gasteiger partial charge >= 0.3 is 15.6 Å². The highest BCUT2D eigenvalue weighted by atomic mass is 31.2. The van der Waals surface area contributed by atoms with E-state index in [0.29, 0.717) is 11.1 Å². The molecule has 0 N–H and O–H groups in total. The molecule has 0 amide bonds. The first-order valence-corrected chi connectivity index (χ1v) is 20.0. The van der Waals surface area contributed by atoms with E-state index in [2.05, 4.69) is 0 Å². The van der Waals surface area contributed by atoms with Crippen LogP contribution in [0.4, 0.5) is 0 Å². The molecule has 0 radical (unpaired) electrons. The van der Waals surface area contributed by atoms with E-state index in [-0.39, 0.29) is 34.5 Å². The molecule has 8 rings (SSSR count). The first kappa shape index (κ1) is 34.6. The highest BCUT2D eigenvalue weighted by Gasteiger charge is 2.37. The fourth-order valence-corrected chi connectivity index (χ4v) is 8.49. The summed E-state index contributed by atoms with van der Waals surface area (Å²) in [4.78, 5) is 0. The van der Waals surface area contributed by atoms with Crippen LogP contribution in [-0.4, -0.2) is 0 Å². The average Bonchev–Trinajstić information content (AvgIpc) is 3.19. The Bertz CT molecular complexity index is 2350. The van der Waals surface area contributed by atoms with Gasteiger partial charge in [-0.15, -0.1) is 0 Å². The van der Waals surface area contributed by atoms with Crippen LogP contribution in [-0.2, 0) is 9.13 Å². The molecule has 0 saturated heterocycles. The lowest BCUT2D eigenvalue weighted by atomic mass is 9.92. The minimum absolute atomic E-state index is 0.160. The summed E-state index contributed by atoms with van der Waals surface area (Å²) in [6.45, 7) is 0. The van der Waals surface area contributed by atoms with Crippen LogP contribution < -0.4 is 27.1 Å². The summed E-state index contributed by atoms with van der Waals surface area (Å²) >= 11 is 0. The highest BCUT2D eigenvalue weighted by Crippen LogP contribution is 2.57. The Morgan fingerprint density at radius 2 is 0.556 bits per heavy atom. The molecule has 54 heavy (non-hydrogen) atoms. The summed E-state index contributed by atoms with van der Waals surface area (Å²) < 4.78 is 66.7. The zero-order valence-electron chi connectivity index (χ0n) is 28.6. The van der Waals surface area contributed by atoms with Gasteiger partial charge in [0.25, 0.3) is 0 Å². The molecule has 0 fully saturated rings. The van der Waals surface area contributed by atoms with Crippen molar-refractivity contribution in [3.63, 3.8) is 0 Å². The minimum atomic E-state index is -4.46. The van der Waals surface area contributed by atoms with Crippen LogP contribution >= 0.6 is 15.6 Å². The first-order valence-electron chi connectivity index (χ1n) is 17.1. The number of rotatable bonds is 13. The molecule has 0 bridgehead atoms. The van der Waals surface area contributed by atoms with E-state index in [4.69, 9.17) is 27.1 Å². The second-order valence-electron chi connectivity index (χ2n) is 12.0. The maximum atomic E-state index is 14.8. The quantitative estimate of drug-likeness (QED) is 0.108. The van der Waals surface area contributed by atoms with E-state index in [1.165, 1.54) is 0 Å². The molecule has 0 unspecified atom stereocenters. The van der Waals surface area contributed by atoms with E-state index in [1.54, 1.807) is 109 Å². The van der Waals surface area contributed by atoms with Gasteiger partial charge in [0.1, 0.15) is 34.5 Å². The summed E-state index contributed by atoms with van der Waals surface area (Å²) in [5.41, 5.74) is 0.971. The van der Waals surface area contributed by atoms with E-state index in [1.807, 2.05) is 84.9 Å². The van der Waals surface area contributed by atoms with Gasteiger partial charge in [0, 0.05) is 11.1 Å². The number of hydrogen-bond acceptors (Lipinski definition) is 8. The molecule has 0 aliphatic rings. The topological polar surface area (TPSA) is 89.5 Å². The number of phosphoric ester groups is 2. The van der Waals surface area contributed by atoms with Gasteiger partial charge in [0.2, 0.25) is 0 Å². The predicted octanol–water partition coefficient (Wildman–Crippen LogP) is 12.9. The number of phosphoric acid groups is 2. The number of hydrogen-bond donors (Lipinski definition) is 0. The normalized spacial score (nSPS) is 11.5. The molecular formula is C44H32O8P2. The first-order chi connectivity index (χ1) is 26.4. The maximum absolute atomic E-state index is 14.8. The van der Waals surface area contributed by atoms with Gasteiger partial charge in [-0.2, -0.15) is 9.13 Å². The fourth-order valence-electron chi connectivity index (χ4n) is 5.97. The van der Waals surface area contributed by atoms with Gasteiger partial charge in [-0.1, -0.05) is 133 Å². The summed E-state index contributed by atoms with van der Waals surface area (Å²) in [6.07, 6.45) is 0. The van der Waals surface area contributed by atoms with Crippen LogP contribution in [0.5, 0.6) is 34.5 Å². The van der Waals surface area contributed by atoms with Crippen LogP contribution in [0.25, 0.3) is 32.7 Å². The summed E-state index contributed by atoms with van der Waals surface area (Å²) in [5.74, 6) is 1.45. The number of benzene rings is 8. The Hall–Kier alpha value is -6.46. The highest BCUT2D eigenvalue weighted by molar-refractivity contribution is 7.50. The average molecular weight is 751 g/mol. The lowest BCUT2D eigenvalue weighted by Gasteiger charge is -2.24. The van der Waals surface area contributed by atoms with Gasteiger partial charge in [-0.3, -0.25) is 0 Å². The minimum Gasteiger partial charge on any atom is -0.386 e. The number of para-hydroxylation sites is 4. The molecule has 0 aliphatic carbocycles. The molecule has 8 aromatic carbocycles. The van der Waals surface area contributed by atoms with Crippen molar-refractivity contribution in [2.24, 2.45) is 0 Å². The monoisotopic (exact) mass is 750 g/mol. The maximum Gasteiger partial charge on any atom is 0.647 e. The summed E-state index contributed by atoms with van der Waals surface area (Å²) in [5, 5.41) is 3.16. The van der Waals surface area contributed by atoms with Gasteiger partial charge in [0.15, 0.2) is 0 Å². The van der Waals surface area contributed by atoms with Crippen molar-refractivity contribution in [3.8, 4) is 45.6 Å². The van der Waals surface area contributed by atoms with Crippen molar-refractivity contribution >= 4 is 37.2 Å². The van der Waals surface area contributed by atoms with Crippen molar-refractivity contribution in [2.45, 2.75) is 0 Å². The molecule has 8 aromatic rings. The van der Waals surface area contributed by atoms with E-state index >= 15 is 0 Å². The largest absolute Gasteiger partial charge is 0.647 e. The van der Waals surface area contributed by atoms with Crippen LogP contribution in [0.3, 0.4) is 0 Å². The Kier molecular flexibility index (Phi) is 9.78. The molecule has 8 nitrogen and oxygen atoms in total. The van der Waals surface area contributed by atoms with Gasteiger partial charge < -0.3 is 27.1 Å². The van der Waals surface area contributed by atoms with E-state index < -0.39 is 15.6 Å². The van der Waals surface area contributed by atoms with Crippen molar-refractivity contribution < 1.29 is 36.3 Å². The molecule has 0 heterocycles. The third-order valence-electron chi connectivity index (χ3n) is 8.29. The summed E-state index contributed by atoms with van der Waals surface area (Å²) in [7, 11) is -8.93. The zero-order chi connectivity index (χ0) is 36.8. The molecule has 0 spiro atoms. The van der Waals surface area contributed by atoms with Crippen molar-refractivity contribution in [3.05, 3.63) is 194 Å². The smallest absolute Gasteiger partial charge is 0.386 e. The van der Waals surface area contributed by atoms with Crippen molar-refractivity contribution in [1.29, 1.82) is 0 Å². The van der Waals surface area contributed by atoms with Crippen LogP contribution in [0.2, 0.25) is 0 Å². The molecule has 0 saturated carbocycles. The Labute approximate surface area is 312 Å². The predicted molar refractivity (Wildman–Crippen MR) is 212 cm³/mol. The third kappa shape index (κ3) is 7.81. The Morgan fingerprint density at radius 3 is 0.870 bits per heavy atom. The standard InChI is InChI=1S/C44H32O8P2/c45-53(47-35-19-5-1-6-20-35,48-36-21-7-2-8-22-36)51-41-31-29-33-17-13-15-27-39(33)43(41)44-40-28-16-14-18-34(40)30-32-42(44)52-54(46,49-37-23-9-3-10-24-37)50-38-25-11-4-12-26-38/h1-32H. The number of fused-ring (bicyclic) bond motifs is 2. The summed E-state index contributed by atoms with van der Waals surface area (Å²) in [6, 6.07) is 57.2. The molecule has 0 atom stereocenters. The van der Waals surface area contributed by atoms with Crippen molar-refractivity contribution in [2.75, 3.05) is 0 Å². The van der Waals surface area contributed by atoms with Crippen LogP contribution in [0, 0.1) is 0 Å². The van der Waals surface area contributed by atoms with Crippen LogP contribution in [0.15, 0.2) is 194 Å². The molecular weight excluding hydrogens is 718 g/mol. The molecule has 266 valence electrons. The van der Waals surface area contributed by atoms with E-state index in [0.717, 1.165) is 21.5 Å². The van der Waals surface area contributed by atoms with Gasteiger partial charge in [-0.25, -0.2) is 0 Å². The van der Waals surface area contributed by atoms with Crippen molar-refractivity contribution in [1.82, 2.24) is 0 Å². The van der Waals surface area contributed by atoms with E-state index in [9.17, 15) is 9.13 Å². The lowest BCUT2D eigenvalue weighted by Crippen LogP contribution is -2.09. The van der Waals surface area contributed by atoms with Gasteiger partial charge in [-0.05, 0) is 82.2 Å². The van der Waals surface area contributed by atoms with Crippen LogP contribution in [0.1, 0.15) is 0 Å².